The Morgan fingerprint density at radius 1 is 0.970 bits per heavy atom. The summed E-state index contributed by atoms with van der Waals surface area (Å²) < 4.78 is 0. The monoisotopic (exact) mass is 450 g/mol. The average Bonchev–Trinajstić information content (AvgIpc) is 3.61. The minimum absolute atomic E-state index is 0.766. The first-order valence-electron chi connectivity index (χ1n) is 11.0. The molecule has 0 atom stereocenters. The van der Waals surface area contributed by atoms with E-state index in [2.05, 4.69) is 91.3 Å². The zero-order chi connectivity index (χ0) is 22.2. The van der Waals surface area contributed by atoms with Gasteiger partial charge in [-0.2, -0.15) is 5.10 Å². The molecule has 0 bridgehead atoms. The molecule has 7 heteroatoms. The maximum Gasteiger partial charge on any atom is 0.155 e. The predicted octanol–water partition coefficient (Wildman–Crippen LogP) is 6.01. The molecule has 5 aromatic heterocycles. The molecule has 0 fully saturated rings. The van der Waals surface area contributed by atoms with Gasteiger partial charge in [0.25, 0.3) is 0 Å². The van der Waals surface area contributed by atoms with Gasteiger partial charge in [0.1, 0.15) is 5.69 Å². The second-order valence-electron chi connectivity index (χ2n) is 7.98. The van der Waals surface area contributed by atoms with Gasteiger partial charge in [-0.3, -0.25) is 10.1 Å². The molecule has 0 spiro atoms. The molecule has 33 heavy (non-hydrogen) atoms. The van der Waals surface area contributed by atoms with Crippen LogP contribution < -0.4 is 5.32 Å². The summed E-state index contributed by atoms with van der Waals surface area (Å²) in [6.45, 7) is 3.82. The Balaban J connectivity index is 1.44. The molecule has 0 radical (unpaired) electrons. The lowest BCUT2D eigenvalue weighted by Gasteiger charge is -2.06. The first-order valence-corrected chi connectivity index (χ1v) is 11.8. The van der Waals surface area contributed by atoms with E-state index in [0.717, 1.165) is 57.7 Å². The van der Waals surface area contributed by atoms with E-state index < -0.39 is 0 Å². The first kappa shape index (κ1) is 19.8. The SMILES string of the molecule is CCNCc1cncc(-c2cnc3[nH]nc(-c4cc5c(-c6cccs6)cccc5[nH]4)c3c2)c1. The smallest absolute Gasteiger partial charge is 0.155 e. The highest BCUT2D eigenvalue weighted by Crippen LogP contribution is 2.36. The van der Waals surface area contributed by atoms with E-state index in [9.17, 15) is 0 Å². The van der Waals surface area contributed by atoms with Crippen molar-refractivity contribution in [2.45, 2.75) is 13.5 Å². The van der Waals surface area contributed by atoms with Crippen molar-refractivity contribution in [3.05, 3.63) is 78.1 Å². The van der Waals surface area contributed by atoms with Crippen molar-refractivity contribution in [1.29, 1.82) is 0 Å². The van der Waals surface area contributed by atoms with Gasteiger partial charge in [-0.25, -0.2) is 4.98 Å². The molecule has 0 amide bonds. The zero-order valence-corrected chi connectivity index (χ0v) is 18.9. The van der Waals surface area contributed by atoms with Gasteiger partial charge in [0.15, 0.2) is 5.65 Å². The van der Waals surface area contributed by atoms with Gasteiger partial charge in [-0.05, 0) is 47.8 Å². The quantitative estimate of drug-likeness (QED) is 0.290. The Morgan fingerprint density at radius 2 is 1.91 bits per heavy atom. The Hall–Kier alpha value is -3.81. The fraction of sp³-hybridized carbons (Fsp3) is 0.115. The van der Waals surface area contributed by atoms with E-state index >= 15 is 0 Å². The Labute approximate surface area is 194 Å². The second kappa shape index (κ2) is 8.27. The first-order chi connectivity index (χ1) is 16.3. The number of benzene rings is 1. The number of H-pyrrole nitrogens is 2. The van der Waals surface area contributed by atoms with Crippen LogP contribution in [-0.4, -0.2) is 31.7 Å². The lowest BCUT2D eigenvalue weighted by Crippen LogP contribution is -2.11. The van der Waals surface area contributed by atoms with Crippen LogP contribution in [-0.2, 0) is 6.54 Å². The second-order valence-corrected chi connectivity index (χ2v) is 8.93. The number of thiophene rings is 1. The molecular weight excluding hydrogens is 428 g/mol. The topological polar surface area (TPSA) is 82.3 Å². The summed E-state index contributed by atoms with van der Waals surface area (Å²) in [7, 11) is 0. The zero-order valence-electron chi connectivity index (χ0n) is 18.1. The van der Waals surface area contributed by atoms with Crippen LogP contribution in [0.2, 0.25) is 0 Å². The van der Waals surface area contributed by atoms with Crippen LogP contribution in [0.15, 0.2) is 72.5 Å². The van der Waals surface area contributed by atoms with Crippen molar-refractivity contribution in [2.75, 3.05) is 6.54 Å². The van der Waals surface area contributed by atoms with Crippen LogP contribution >= 0.6 is 11.3 Å². The molecule has 0 aliphatic carbocycles. The molecule has 6 aromatic rings. The number of nitrogens with zero attached hydrogens (tertiary/aromatic N) is 3. The number of hydrogen-bond donors (Lipinski definition) is 3. The third-order valence-corrected chi connectivity index (χ3v) is 6.73. The van der Waals surface area contributed by atoms with Crippen LogP contribution in [0.3, 0.4) is 0 Å². The number of aromatic amines is 2. The van der Waals surface area contributed by atoms with Crippen LogP contribution in [0, 0.1) is 0 Å². The molecule has 6 nitrogen and oxygen atoms in total. The molecule has 0 aliphatic heterocycles. The van der Waals surface area contributed by atoms with Crippen LogP contribution in [0.4, 0.5) is 0 Å². The molecule has 0 saturated heterocycles. The highest BCUT2D eigenvalue weighted by molar-refractivity contribution is 7.13. The van der Waals surface area contributed by atoms with Crippen molar-refractivity contribution in [3.8, 4) is 33.0 Å². The fourth-order valence-corrected chi connectivity index (χ4v) is 4.97. The normalized spacial score (nSPS) is 11.5. The van der Waals surface area contributed by atoms with Crippen molar-refractivity contribution < 1.29 is 0 Å². The van der Waals surface area contributed by atoms with Gasteiger partial charge in [0.2, 0.25) is 0 Å². The molecule has 6 rings (SSSR count). The summed E-state index contributed by atoms with van der Waals surface area (Å²) in [5.74, 6) is 0. The molecule has 162 valence electrons. The van der Waals surface area contributed by atoms with Crippen molar-refractivity contribution in [2.24, 2.45) is 0 Å². The number of nitrogens with one attached hydrogen (secondary N) is 3. The summed E-state index contributed by atoms with van der Waals surface area (Å²) in [6, 6.07) is 17.1. The molecule has 1 aromatic carbocycles. The van der Waals surface area contributed by atoms with E-state index in [0.29, 0.717) is 0 Å². The predicted molar refractivity (Wildman–Crippen MR) is 135 cm³/mol. The van der Waals surface area contributed by atoms with E-state index in [1.165, 1.54) is 15.8 Å². The van der Waals surface area contributed by atoms with Gasteiger partial charge in [0, 0.05) is 63.0 Å². The van der Waals surface area contributed by atoms with Gasteiger partial charge in [-0.15, -0.1) is 11.3 Å². The minimum atomic E-state index is 0.766. The molecule has 0 saturated carbocycles. The lowest BCUT2D eigenvalue weighted by molar-refractivity contribution is 0.724. The maximum absolute atomic E-state index is 4.63. The van der Waals surface area contributed by atoms with Crippen molar-refractivity contribution >= 4 is 33.3 Å². The summed E-state index contributed by atoms with van der Waals surface area (Å²) in [5.41, 5.74) is 8.14. The number of rotatable bonds is 6. The highest BCUT2D eigenvalue weighted by atomic mass is 32.1. The highest BCUT2D eigenvalue weighted by Gasteiger charge is 2.15. The number of aromatic nitrogens is 5. The maximum atomic E-state index is 4.63. The van der Waals surface area contributed by atoms with E-state index in [-0.39, 0.29) is 0 Å². The minimum Gasteiger partial charge on any atom is -0.353 e. The average molecular weight is 451 g/mol. The molecule has 0 unspecified atom stereocenters. The van der Waals surface area contributed by atoms with E-state index in [1.807, 2.05) is 18.6 Å². The van der Waals surface area contributed by atoms with E-state index in [4.69, 9.17) is 0 Å². The number of fused-ring (bicyclic) bond motifs is 2. The summed E-state index contributed by atoms with van der Waals surface area (Å²) in [5, 5.41) is 15.3. The molecule has 0 aliphatic rings. The Kier molecular flexibility index (Phi) is 4.97. The van der Waals surface area contributed by atoms with Crippen LogP contribution in [0.5, 0.6) is 0 Å². The standard InChI is InChI=1S/C26H22N6S/c1-2-27-12-16-9-17(14-28-13-16)18-10-21-25(31-32-26(21)29-15-18)23-11-20-19(24-7-4-8-33-24)5-3-6-22(20)30-23/h3-11,13-15,27,30H,2,12H2,1H3,(H,29,31,32). The van der Waals surface area contributed by atoms with Crippen LogP contribution in [0.25, 0.3) is 54.9 Å². The van der Waals surface area contributed by atoms with Crippen LogP contribution in [0.1, 0.15) is 12.5 Å². The number of hydrogen-bond acceptors (Lipinski definition) is 5. The third-order valence-electron chi connectivity index (χ3n) is 5.83. The van der Waals surface area contributed by atoms with Gasteiger partial charge in [-0.1, -0.05) is 25.1 Å². The third kappa shape index (κ3) is 3.61. The molecular formula is C26H22N6S. The largest absolute Gasteiger partial charge is 0.353 e. The van der Waals surface area contributed by atoms with Gasteiger partial charge < -0.3 is 10.3 Å². The van der Waals surface area contributed by atoms with E-state index in [1.54, 1.807) is 11.3 Å². The van der Waals surface area contributed by atoms with Crippen molar-refractivity contribution in [3.63, 3.8) is 0 Å². The summed E-state index contributed by atoms with van der Waals surface area (Å²) >= 11 is 1.75. The number of pyridine rings is 2. The molecule has 5 heterocycles. The lowest BCUT2D eigenvalue weighted by atomic mass is 10.1. The summed E-state index contributed by atoms with van der Waals surface area (Å²) in [6.07, 6.45) is 5.66. The Bertz CT molecular complexity index is 1560. The Morgan fingerprint density at radius 3 is 2.79 bits per heavy atom. The summed E-state index contributed by atoms with van der Waals surface area (Å²) in [4.78, 5) is 13.9. The molecule has 3 N–H and O–H groups in total. The van der Waals surface area contributed by atoms with Gasteiger partial charge >= 0.3 is 0 Å². The van der Waals surface area contributed by atoms with Crippen molar-refractivity contribution in [1.82, 2.24) is 30.5 Å². The van der Waals surface area contributed by atoms with Gasteiger partial charge in [0.05, 0.1) is 5.69 Å². The fourth-order valence-electron chi connectivity index (χ4n) is 4.21.